The van der Waals surface area contributed by atoms with Gasteiger partial charge in [-0.15, -0.1) is 0 Å². The van der Waals surface area contributed by atoms with Gasteiger partial charge in [0.2, 0.25) is 0 Å². The molecule has 2 rings (SSSR count). The predicted molar refractivity (Wildman–Crippen MR) is 84.7 cm³/mol. The molecule has 0 fully saturated rings. The highest BCUT2D eigenvalue weighted by Gasteiger charge is 2.14. The van der Waals surface area contributed by atoms with Crippen molar-refractivity contribution in [2.75, 3.05) is 19.0 Å². The lowest BCUT2D eigenvalue weighted by molar-refractivity contribution is -0.136. The number of amides is 2. The lowest BCUT2D eigenvalue weighted by atomic mass is 10.1. The Hall–Kier alpha value is -2.89. The van der Waals surface area contributed by atoms with Gasteiger partial charge in [0, 0.05) is 6.54 Å². The molecule has 6 heteroatoms. The Morgan fingerprint density at radius 3 is 2.61 bits per heavy atom. The van der Waals surface area contributed by atoms with E-state index in [4.69, 9.17) is 4.74 Å². The molecule has 2 amide bonds. The van der Waals surface area contributed by atoms with Crippen molar-refractivity contribution in [2.24, 2.45) is 0 Å². The molecule has 2 N–H and O–H groups in total. The highest BCUT2D eigenvalue weighted by molar-refractivity contribution is 6.39. The monoisotopic (exact) mass is 316 g/mol. The Morgan fingerprint density at radius 1 is 1.09 bits per heavy atom. The average molecular weight is 316 g/mol. The molecule has 0 unspecified atom stereocenters. The van der Waals surface area contributed by atoms with Gasteiger partial charge in [-0.25, -0.2) is 4.39 Å². The van der Waals surface area contributed by atoms with E-state index in [2.05, 4.69) is 10.6 Å². The first kappa shape index (κ1) is 16.5. The fourth-order valence-electron chi connectivity index (χ4n) is 1.97. The second kappa shape index (κ2) is 7.93. The minimum Gasteiger partial charge on any atom is -0.497 e. The maximum atomic E-state index is 13.4. The van der Waals surface area contributed by atoms with Crippen LogP contribution in [-0.4, -0.2) is 25.5 Å². The number of methoxy groups -OCH3 is 1. The number of hydrogen-bond acceptors (Lipinski definition) is 3. The molecule has 0 aromatic heterocycles. The van der Waals surface area contributed by atoms with Gasteiger partial charge in [0.15, 0.2) is 0 Å². The van der Waals surface area contributed by atoms with E-state index in [-0.39, 0.29) is 12.2 Å². The Bertz CT molecular complexity index is 704. The molecule has 0 radical (unpaired) electrons. The quantitative estimate of drug-likeness (QED) is 0.831. The Kier molecular flexibility index (Phi) is 5.68. The number of para-hydroxylation sites is 1. The van der Waals surface area contributed by atoms with Crippen molar-refractivity contribution < 1.29 is 18.7 Å². The number of benzene rings is 2. The van der Waals surface area contributed by atoms with Crippen LogP contribution in [0.2, 0.25) is 0 Å². The van der Waals surface area contributed by atoms with E-state index in [1.54, 1.807) is 13.2 Å². The molecule has 2 aromatic rings. The van der Waals surface area contributed by atoms with E-state index in [1.165, 1.54) is 18.2 Å². The molecule has 2 aromatic carbocycles. The summed E-state index contributed by atoms with van der Waals surface area (Å²) in [4.78, 5) is 23.4. The first-order valence-electron chi connectivity index (χ1n) is 7.07. The molecule has 5 nitrogen and oxygen atoms in total. The molecule has 23 heavy (non-hydrogen) atoms. The predicted octanol–water partition coefficient (Wildman–Crippen LogP) is 2.13. The molecule has 0 saturated heterocycles. The van der Waals surface area contributed by atoms with E-state index in [1.807, 2.05) is 24.3 Å². The van der Waals surface area contributed by atoms with Crippen LogP contribution < -0.4 is 15.4 Å². The summed E-state index contributed by atoms with van der Waals surface area (Å²) in [6, 6.07) is 13.1. The topological polar surface area (TPSA) is 67.4 Å². The molecule has 0 aliphatic carbocycles. The average Bonchev–Trinajstić information content (AvgIpc) is 2.57. The standard InChI is InChI=1S/C17H17FN2O3/c1-23-13-6-4-5-12(11-13)9-10-19-16(21)17(22)20-15-8-3-2-7-14(15)18/h2-8,11H,9-10H2,1H3,(H,19,21)(H,20,22). The Morgan fingerprint density at radius 2 is 1.87 bits per heavy atom. The van der Waals surface area contributed by atoms with Crippen molar-refractivity contribution >= 4 is 17.5 Å². The summed E-state index contributed by atoms with van der Waals surface area (Å²) in [5.41, 5.74) is 0.944. The molecular formula is C17H17FN2O3. The third-order valence-corrected chi connectivity index (χ3v) is 3.16. The fourth-order valence-corrected chi connectivity index (χ4v) is 1.97. The molecule has 0 heterocycles. The van der Waals surface area contributed by atoms with Crippen LogP contribution in [0.15, 0.2) is 48.5 Å². The zero-order chi connectivity index (χ0) is 16.7. The van der Waals surface area contributed by atoms with Gasteiger partial charge in [0.25, 0.3) is 0 Å². The van der Waals surface area contributed by atoms with Gasteiger partial charge in [0.1, 0.15) is 11.6 Å². The van der Waals surface area contributed by atoms with Gasteiger partial charge in [0.05, 0.1) is 12.8 Å². The van der Waals surface area contributed by atoms with E-state index in [0.717, 1.165) is 11.3 Å². The first-order valence-corrected chi connectivity index (χ1v) is 7.07. The van der Waals surface area contributed by atoms with Crippen LogP contribution >= 0.6 is 0 Å². The lowest BCUT2D eigenvalue weighted by Gasteiger charge is -2.08. The molecule has 0 bridgehead atoms. The molecule has 0 aliphatic heterocycles. The van der Waals surface area contributed by atoms with Gasteiger partial charge in [-0.1, -0.05) is 24.3 Å². The summed E-state index contributed by atoms with van der Waals surface area (Å²) >= 11 is 0. The Labute approximate surface area is 133 Å². The number of hydrogen-bond donors (Lipinski definition) is 2. The number of anilines is 1. The number of halogens is 1. The summed E-state index contributed by atoms with van der Waals surface area (Å²) < 4.78 is 18.5. The minimum absolute atomic E-state index is 0.0274. The zero-order valence-corrected chi connectivity index (χ0v) is 12.6. The zero-order valence-electron chi connectivity index (χ0n) is 12.6. The van der Waals surface area contributed by atoms with Crippen molar-refractivity contribution in [3.05, 3.63) is 59.9 Å². The SMILES string of the molecule is COc1cccc(CCNC(=O)C(=O)Nc2ccccc2F)c1. The first-order chi connectivity index (χ1) is 11.1. The van der Waals surface area contributed by atoms with Crippen LogP contribution in [0.3, 0.4) is 0 Å². The highest BCUT2D eigenvalue weighted by atomic mass is 19.1. The smallest absolute Gasteiger partial charge is 0.313 e. The van der Waals surface area contributed by atoms with Gasteiger partial charge < -0.3 is 15.4 Å². The molecule has 120 valence electrons. The van der Waals surface area contributed by atoms with E-state index in [9.17, 15) is 14.0 Å². The number of carbonyl (C=O) groups excluding carboxylic acids is 2. The third-order valence-electron chi connectivity index (χ3n) is 3.16. The fraction of sp³-hybridized carbons (Fsp3) is 0.176. The number of carbonyl (C=O) groups is 2. The van der Waals surface area contributed by atoms with Crippen LogP contribution in [0, 0.1) is 5.82 Å². The van der Waals surface area contributed by atoms with Crippen LogP contribution in [0.1, 0.15) is 5.56 Å². The van der Waals surface area contributed by atoms with E-state index >= 15 is 0 Å². The van der Waals surface area contributed by atoms with E-state index < -0.39 is 17.6 Å². The highest BCUT2D eigenvalue weighted by Crippen LogP contribution is 2.13. The normalized spacial score (nSPS) is 10.0. The molecular weight excluding hydrogens is 299 g/mol. The summed E-state index contributed by atoms with van der Waals surface area (Å²) in [6.07, 6.45) is 0.552. The summed E-state index contributed by atoms with van der Waals surface area (Å²) in [5, 5.41) is 4.72. The van der Waals surface area contributed by atoms with Crippen LogP contribution in [0.25, 0.3) is 0 Å². The van der Waals surface area contributed by atoms with Crippen molar-refractivity contribution in [1.82, 2.24) is 5.32 Å². The van der Waals surface area contributed by atoms with Crippen LogP contribution in [0.4, 0.5) is 10.1 Å². The minimum atomic E-state index is -0.902. The van der Waals surface area contributed by atoms with Gasteiger partial charge >= 0.3 is 11.8 Å². The maximum absolute atomic E-state index is 13.4. The van der Waals surface area contributed by atoms with Crippen molar-refractivity contribution in [3.8, 4) is 5.75 Å². The number of nitrogens with one attached hydrogen (secondary N) is 2. The second-order valence-corrected chi connectivity index (χ2v) is 4.79. The van der Waals surface area contributed by atoms with Crippen molar-refractivity contribution in [3.63, 3.8) is 0 Å². The maximum Gasteiger partial charge on any atom is 0.313 e. The molecule has 0 aliphatic rings. The lowest BCUT2D eigenvalue weighted by Crippen LogP contribution is -2.36. The van der Waals surface area contributed by atoms with Crippen molar-refractivity contribution in [1.29, 1.82) is 0 Å². The van der Waals surface area contributed by atoms with Gasteiger partial charge in [-0.3, -0.25) is 9.59 Å². The third kappa shape index (κ3) is 4.81. The molecule has 0 spiro atoms. The summed E-state index contributed by atoms with van der Waals surface area (Å²) in [5.74, 6) is -1.58. The Balaban J connectivity index is 1.82. The molecule has 0 saturated carbocycles. The molecule has 0 atom stereocenters. The van der Waals surface area contributed by atoms with E-state index in [0.29, 0.717) is 6.42 Å². The number of ether oxygens (including phenoxy) is 1. The van der Waals surface area contributed by atoms with Crippen LogP contribution in [-0.2, 0) is 16.0 Å². The van der Waals surface area contributed by atoms with Gasteiger partial charge in [-0.2, -0.15) is 0 Å². The second-order valence-electron chi connectivity index (χ2n) is 4.79. The van der Waals surface area contributed by atoms with Gasteiger partial charge in [-0.05, 0) is 36.2 Å². The van der Waals surface area contributed by atoms with Crippen molar-refractivity contribution in [2.45, 2.75) is 6.42 Å². The number of rotatable bonds is 5. The summed E-state index contributed by atoms with van der Waals surface area (Å²) in [6.45, 7) is 0.288. The largest absolute Gasteiger partial charge is 0.497 e. The summed E-state index contributed by atoms with van der Waals surface area (Å²) in [7, 11) is 1.58. The van der Waals surface area contributed by atoms with Crippen LogP contribution in [0.5, 0.6) is 5.75 Å².